The summed E-state index contributed by atoms with van der Waals surface area (Å²) in [6.07, 6.45) is 8.26. The topological polar surface area (TPSA) is 60.5 Å². The molecule has 1 unspecified atom stereocenters. The molecular weight excluding hydrogens is 514 g/mol. The third-order valence-corrected chi connectivity index (χ3v) is 8.25. The molecule has 0 saturated carbocycles. The van der Waals surface area contributed by atoms with Gasteiger partial charge in [0, 0.05) is 23.7 Å². The summed E-state index contributed by atoms with van der Waals surface area (Å²) >= 11 is 7.00. The first-order valence-corrected chi connectivity index (χ1v) is 14.2. The van der Waals surface area contributed by atoms with Crippen LogP contribution in [0.15, 0.2) is 70.1 Å². The minimum Gasteiger partial charge on any atom is -0.493 e. The van der Waals surface area contributed by atoms with Crippen LogP contribution in [0.4, 0.5) is 0 Å². The Hall–Kier alpha value is -3.36. The lowest BCUT2D eigenvalue weighted by Crippen LogP contribution is -2.33. The molecule has 0 aliphatic carbocycles. The molecule has 5 rings (SSSR count). The first-order valence-electron chi connectivity index (χ1n) is 13.0. The third-order valence-electron chi connectivity index (χ3n) is 6.87. The highest BCUT2D eigenvalue weighted by molar-refractivity contribution is 8.26. The van der Waals surface area contributed by atoms with E-state index in [1.807, 2.05) is 71.6 Å². The average Bonchev–Trinajstić information content (AvgIpc) is 3.63. The summed E-state index contributed by atoms with van der Waals surface area (Å²) in [5, 5.41) is 5.79. The Balaban J connectivity index is 1.53. The number of thiocarbonyl (C=S) groups is 1. The summed E-state index contributed by atoms with van der Waals surface area (Å²) in [5.41, 5.74) is 3.00. The lowest BCUT2D eigenvalue weighted by molar-refractivity contribution is -0.122. The molecule has 1 atom stereocenters. The second-order valence-electron chi connectivity index (χ2n) is 9.41. The van der Waals surface area contributed by atoms with Gasteiger partial charge in [0.15, 0.2) is 17.1 Å². The summed E-state index contributed by atoms with van der Waals surface area (Å²) in [4.78, 5) is 15.8. The smallest absolute Gasteiger partial charge is 0.266 e. The standard InChI is InChI=1S/C30H31N3O3S2/c1-4-6-11-20(5-2)18-32-29(34)26(38-30(32)37)17-22-19-33(23-13-8-7-9-14-23)31-27(22)25-16-21-12-10-15-24(35-3)28(21)36-25/h7-10,12-17,19-20H,4-6,11,18H2,1-3H3. The van der Waals surface area contributed by atoms with Gasteiger partial charge in [-0.05, 0) is 42.7 Å². The van der Waals surface area contributed by atoms with Gasteiger partial charge in [-0.25, -0.2) is 4.68 Å². The number of hydrogen-bond acceptors (Lipinski definition) is 6. The van der Waals surface area contributed by atoms with Crippen molar-refractivity contribution in [3.63, 3.8) is 0 Å². The van der Waals surface area contributed by atoms with Crippen molar-refractivity contribution in [3.8, 4) is 22.9 Å². The normalized spacial score (nSPS) is 15.7. The second-order valence-corrected chi connectivity index (χ2v) is 11.1. The average molecular weight is 546 g/mol. The van der Waals surface area contributed by atoms with Crippen molar-refractivity contribution < 1.29 is 13.9 Å². The number of fused-ring (bicyclic) bond motifs is 1. The van der Waals surface area contributed by atoms with Crippen LogP contribution in [-0.4, -0.2) is 38.6 Å². The number of methoxy groups -OCH3 is 1. The summed E-state index contributed by atoms with van der Waals surface area (Å²) in [7, 11) is 1.62. The van der Waals surface area contributed by atoms with Crippen LogP contribution in [-0.2, 0) is 4.79 Å². The number of aromatic nitrogens is 2. The van der Waals surface area contributed by atoms with Crippen LogP contribution in [0.25, 0.3) is 34.2 Å². The van der Waals surface area contributed by atoms with Gasteiger partial charge in [-0.3, -0.25) is 9.69 Å². The zero-order valence-electron chi connectivity index (χ0n) is 21.8. The molecule has 0 spiro atoms. The third kappa shape index (κ3) is 5.28. The maximum absolute atomic E-state index is 13.5. The first kappa shape index (κ1) is 26.3. The number of nitrogens with zero attached hydrogens (tertiary/aromatic N) is 3. The van der Waals surface area contributed by atoms with Crippen LogP contribution in [0, 0.1) is 5.92 Å². The molecule has 4 aromatic rings. The van der Waals surface area contributed by atoms with Crippen LogP contribution >= 0.6 is 24.0 Å². The minimum atomic E-state index is -0.0420. The van der Waals surface area contributed by atoms with Crippen LogP contribution in [0.5, 0.6) is 5.75 Å². The molecule has 6 nitrogen and oxygen atoms in total. The van der Waals surface area contributed by atoms with Gasteiger partial charge in [0.05, 0.1) is 17.7 Å². The van der Waals surface area contributed by atoms with Gasteiger partial charge in [-0.1, -0.05) is 87.4 Å². The first-order chi connectivity index (χ1) is 18.5. The van der Waals surface area contributed by atoms with E-state index in [1.54, 1.807) is 12.0 Å². The molecule has 38 heavy (non-hydrogen) atoms. The van der Waals surface area contributed by atoms with E-state index in [1.165, 1.54) is 11.8 Å². The van der Waals surface area contributed by atoms with E-state index in [-0.39, 0.29) is 5.91 Å². The van der Waals surface area contributed by atoms with E-state index in [9.17, 15) is 4.79 Å². The highest BCUT2D eigenvalue weighted by Crippen LogP contribution is 2.38. The van der Waals surface area contributed by atoms with Gasteiger partial charge in [0.1, 0.15) is 10.0 Å². The van der Waals surface area contributed by atoms with E-state index in [0.29, 0.717) is 44.5 Å². The zero-order valence-corrected chi connectivity index (χ0v) is 23.5. The summed E-state index contributed by atoms with van der Waals surface area (Å²) < 4.78 is 14.2. The number of carbonyl (C=O) groups excluding carboxylic acids is 1. The zero-order chi connectivity index (χ0) is 26.6. The number of carbonyl (C=O) groups is 1. The predicted octanol–water partition coefficient (Wildman–Crippen LogP) is 7.71. The largest absolute Gasteiger partial charge is 0.493 e. The highest BCUT2D eigenvalue weighted by atomic mass is 32.2. The van der Waals surface area contributed by atoms with E-state index in [4.69, 9.17) is 26.5 Å². The van der Waals surface area contributed by atoms with Gasteiger partial charge in [-0.15, -0.1) is 0 Å². The number of para-hydroxylation sites is 2. The molecule has 2 aromatic heterocycles. The van der Waals surface area contributed by atoms with Crippen LogP contribution < -0.4 is 4.74 Å². The van der Waals surface area contributed by atoms with Crippen molar-refractivity contribution in [2.45, 2.75) is 39.5 Å². The monoisotopic (exact) mass is 545 g/mol. The molecular formula is C30H31N3O3S2. The minimum absolute atomic E-state index is 0.0420. The molecule has 0 N–H and O–H groups in total. The fourth-order valence-electron chi connectivity index (χ4n) is 4.69. The molecule has 1 aliphatic heterocycles. The fraction of sp³-hybridized carbons (Fsp3) is 0.300. The number of furan rings is 1. The second kappa shape index (κ2) is 11.6. The van der Waals surface area contributed by atoms with Crippen molar-refractivity contribution in [2.24, 2.45) is 5.92 Å². The number of unbranched alkanes of at least 4 members (excludes halogenated alkanes) is 1. The van der Waals surface area contributed by atoms with Crippen molar-refractivity contribution >= 4 is 51.3 Å². The maximum Gasteiger partial charge on any atom is 0.266 e. The number of thioether (sulfide) groups is 1. The van der Waals surface area contributed by atoms with E-state index >= 15 is 0 Å². The molecule has 3 heterocycles. The molecule has 0 radical (unpaired) electrons. The Labute approximate surface area is 232 Å². The molecule has 0 bridgehead atoms. The van der Waals surface area contributed by atoms with Crippen molar-refractivity contribution in [2.75, 3.05) is 13.7 Å². The number of hydrogen-bond donors (Lipinski definition) is 0. The predicted molar refractivity (Wildman–Crippen MR) is 159 cm³/mol. The number of ether oxygens (including phenoxy) is 1. The number of benzene rings is 2. The Bertz CT molecular complexity index is 1490. The molecule has 1 aliphatic rings. The lowest BCUT2D eigenvalue weighted by Gasteiger charge is -2.21. The van der Waals surface area contributed by atoms with Gasteiger partial charge < -0.3 is 9.15 Å². The lowest BCUT2D eigenvalue weighted by atomic mass is 9.99. The van der Waals surface area contributed by atoms with Crippen LogP contribution in [0.2, 0.25) is 0 Å². The van der Waals surface area contributed by atoms with E-state index in [2.05, 4.69) is 13.8 Å². The Morgan fingerprint density at radius 1 is 1.16 bits per heavy atom. The summed E-state index contributed by atoms with van der Waals surface area (Å²) in [6, 6.07) is 17.6. The Morgan fingerprint density at radius 3 is 2.71 bits per heavy atom. The van der Waals surface area contributed by atoms with Crippen LogP contribution in [0.3, 0.4) is 0 Å². The fourth-order valence-corrected chi connectivity index (χ4v) is 5.95. The quantitative estimate of drug-likeness (QED) is 0.150. The Morgan fingerprint density at radius 2 is 1.97 bits per heavy atom. The van der Waals surface area contributed by atoms with Gasteiger partial charge in [0.2, 0.25) is 0 Å². The molecule has 196 valence electrons. The molecule has 1 saturated heterocycles. The molecule has 1 amide bonds. The van der Waals surface area contributed by atoms with E-state index in [0.717, 1.165) is 42.3 Å². The molecule has 8 heteroatoms. The maximum atomic E-state index is 13.5. The highest BCUT2D eigenvalue weighted by Gasteiger charge is 2.33. The van der Waals surface area contributed by atoms with Gasteiger partial charge >= 0.3 is 0 Å². The number of rotatable bonds is 10. The molecule has 1 fully saturated rings. The van der Waals surface area contributed by atoms with Crippen molar-refractivity contribution in [1.82, 2.24) is 14.7 Å². The number of amides is 1. The van der Waals surface area contributed by atoms with Gasteiger partial charge in [0.25, 0.3) is 5.91 Å². The Kier molecular flexibility index (Phi) is 8.00. The summed E-state index contributed by atoms with van der Waals surface area (Å²) in [5.74, 6) is 1.66. The summed E-state index contributed by atoms with van der Waals surface area (Å²) in [6.45, 7) is 5.04. The molecule has 2 aromatic carbocycles. The van der Waals surface area contributed by atoms with E-state index < -0.39 is 0 Å². The van der Waals surface area contributed by atoms with Crippen LogP contribution in [0.1, 0.15) is 45.1 Å². The van der Waals surface area contributed by atoms with Gasteiger partial charge in [-0.2, -0.15) is 5.10 Å². The SMILES string of the molecule is CCCCC(CC)CN1C(=O)C(=Cc2cn(-c3ccccc3)nc2-c2cc3cccc(OC)c3o2)SC1=S. The van der Waals surface area contributed by atoms with Crippen molar-refractivity contribution in [1.29, 1.82) is 0 Å². The van der Waals surface area contributed by atoms with Crippen molar-refractivity contribution in [3.05, 3.63) is 71.3 Å².